The monoisotopic (exact) mass is 275 g/mol. The van der Waals surface area contributed by atoms with E-state index in [0.29, 0.717) is 5.92 Å². The lowest BCUT2D eigenvalue weighted by Gasteiger charge is -2.11. The molecule has 1 nitrogen and oxygen atoms in total. The van der Waals surface area contributed by atoms with Crippen LogP contribution in [0.1, 0.15) is 30.9 Å². The summed E-state index contributed by atoms with van der Waals surface area (Å²) in [6.07, 6.45) is 0. The van der Waals surface area contributed by atoms with E-state index in [-0.39, 0.29) is 0 Å². The Hall–Kier alpha value is -0.250. The molecule has 0 spiro atoms. The molecule has 0 aliphatic rings. The van der Waals surface area contributed by atoms with Crippen molar-refractivity contribution in [3.05, 3.63) is 26.8 Å². The molecule has 0 atom stereocenters. The van der Waals surface area contributed by atoms with Crippen LogP contribution in [0.2, 0.25) is 0 Å². The summed E-state index contributed by atoms with van der Waals surface area (Å²) in [5.74, 6) is 0.512. The second-order valence-corrected chi connectivity index (χ2v) is 4.57. The lowest BCUT2D eigenvalue weighted by molar-refractivity contribution is 0.867. The van der Waals surface area contributed by atoms with E-state index >= 15 is 0 Å². The van der Waals surface area contributed by atoms with Crippen LogP contribution < -0.4 is 5.73 Å². The van der Waals surface area contributed by atoms with Crippen LogP contribution in [0.4, 0.5) is 5.69 Å². The second-order valence-electron chi connectivity index (χ2n) is 3.40. The first-order valence-electron chi connectivity index (χ1n) is 4.08. The fourth-order valence-corrected chi connectivity index (χ4v) is 2.06. The molecule has 0 fully saturated rings. The first-order chi connectivity index (χ1) is 5.52. The van der Waals surface area contributed by atoms with E-state index in [2.05, 4.69) is 55.5 Å². The van der Waals surface area contributed by atoms with E-state index in [1.807, 2.05) is 0 Å². The fraction of sp³-hybridized carbons (Fsp3) is 0.400. The topological polar surface area (TPSA) is 26.0 Å². The minimum atomic E-state index is 0.512. The first kappa shape index (κ1) is 9.84. The third-order valence-corrected chi connectivity index (χ3v) is 2.82. The summed E-state index contributed by atoms with van der Waals surface area (Å²) in [6.45, 7) is 6.44. The maximum atomic E-state index is 5.94. The molecule has 0 radical (unpaired) electrons. The lowest BCUT2D eigenvalue weighted by Crippen LogP contribution is -1.99. The van der Waals surface area contributed by atoms with Crippen LogP contribution in [0.5, 0.6) is 0 Å². The summed E-state index contributed by atoms with van der Waals surface area (Å²) in [7, 11) is 0. The van der Waals surface area contributed by atoms with E-state index < -0.39 is 0 Å². The largest absolute Gasteiger partial charge is 0.398 e. The molecule has 2 heteroatoms. The third kappa shape index (κ3) is 1.91. The van der Waals surface area contributed by atoms with Gasteiger partial charge in [-0.1, -0.05) is 19.9 Å². The Balaban J connectivity index is 3.28. The van der Waals surface area contributed by atoms with Crippen molar-refractivity contribution < 1.29 is 0 Å². The van der Waals surface area contributed by atoms with Crippen LogP contribution in [0, 0.1) is 10.5 Å². The Labute approximate surface area is 87.5 Å². The average Bonchev–Trinajstić information content (AvgIpc) is 1.96. The highest BCUT2D eigenvalue weighted by molar-refractivity contribution is 14.1. The number of nitrogen functional groups attached to an aromatic ring is 1. The smallest absolute Gasteiger partial charge is 0.0485 e. The van der Waals surface area contributed by atoms with Gasteiger partial charge in [0.25, 0.3) is 0 Å². The van der Waals surface area contributed by atoms with Crippen molar-refractivity contribution in [2.45, 2.75) is 26.7 Å². The Bertz CT molecular complexity index is 292. The lowest BCUT2D eigenvalue weighted by atomic mass is 9.99. The molecule has 1 rings (SSSR count). The number of aryl methyl sites for hydroxylation is 1. The highest BCUT2D eigenvalue weighted by Crippen LogP contribution is 2.27. The summed E-state index contributed by atoms with van der Waals surface area (Å²) in [4.78, 5) is 0. The number of nitrogens with two attached hydrogens (primary N) is 1. The van der Waals surface area contributed by atoms with Gasteiger partial charge in [-0.05, 0) is 52.6 Å². The zero-order valence-electron chi connectivity index (χ0n) is 7.69. The molecule has 0 amide bonds. The zero-order valence-corrected chi connectivity index (χ0v) is 9.84. The van der Waals surface area contributed by atoms with Gasteiger partial charge >= 0.3 is 0 Å². The van der Waals surface area contributed by atoms with Gasteiger partial charge in [-0.15, -0.1) is 0 Å². The molecule has 1 aromatic rings. The number of hydrogen-bond donors (Lipinski definition) is 1. The van der Waals surface area contributed by atoms with Gasteiger partial charge in [-0.3, -0.25) is 0 Å². The van der Waals surface area contributed by atoms with Gasteiger partial charge in [0.15, 0.2) is 0 Å². The summed E-state index contributed by atoms with van der Waals surface area (Å²) in [5, 5.41) is 0. The van der Waals surface area contributed by atoms with E-state index in [4.69, 9.17) is 5.73 Å². The van der Waals surface area contributed by atoms with E-state index in [1.165, 1.54) is 11.1 Å². The van der Waals surface area contributed by atoms with Gasteiger partial charge < -0.3 is 5.73 Å². The van der Waals surface area contributed by atoms with Crippen LogP contribution in [0.3, 0.4) is 0 Å². The molecular weight excluding hydrogens is 261 g/mol. The first-order valence-corrected chi connectivity index (χ1v) is 5.15. The van der Waals surface area contributed by atoms with Crippen LogP contribution in [-0.4, -0.2) is 0 Å². The number of anilines is 1. The third-order valence-electron chi connectivity index (χ3n) is 1.93. The molecule has 2 N–H and O–H groups in total. The normalized spacial score (nSPS) is 10.8. The molecule has 0 bridgehead atoms. The zero-order chi connectivity index (χ0) is 9.30. The predicted molar refractivity (Wildman–Crippen MR) is 62.4 cm³/mol. The Kier molecular flexibility index (Phi) is 2.99. The maximum absolute atomic E-state index is 5.94. The van der Waals surface area contributed by atoms with Gasteiger partial charge in [-0.2, -0.15) is 0 Å². The van der Waals surface area contributed by atoms with Crippen LogP contribution >= 0.6 is 22.6 Å². The van der Waals surface area contributed by atoms with Crippen molar-refractivity contribution >= 4 is 28.3 Å². The van der Waals surface area contributed by atoms with Crippen LogP contribution in [0.25, 0.3) is 0 Å². The maximum Gasteiger partial charge on any atom is 0.0485 e. The summed E-state index contributed by atoms with van der Waals surface area (Å²) in [6, 6.07) is 4.28. The van der Waals surface area contributed by atoms with E-state index in [0.717, 1.165) is 9.26 Å². The van der Waals surface area contributed by atoms with Gasteiger partial charge in [0, 0.05) is 9.26 Å². The van der Waals surface area contributed by atoms with E-state index in [9.17, 15) is 0 Å². The van der Waals surface area contributed by atoms with Crippen molar-refractivity contribution in [1.29, 1.82) is 0 Å². The molecule has 0 aromatic heterocycles. The number of rotatable bonds is 1. The van der Waals surface area contributed by atoms with Crippen molar-refractivity contribution in [3.63, 3.8) is 0 Å². The van der Waals surface area contributed by atoms with Gasteiger partial charge in [0.1, 0.15) is 0 Å². The summed E-state index contributed by atoms with van der Waals surface area (Å²) >= 11 is 2.28. The SMILES string of the molecule is Cc1cc(I)c(N)c(C(C)C)c1. The summed E-state index contributed by atoms with van der Waals surface area (Å²) in [5.41, 5.74) is 9.44. The fourth-order valence-electron chi connectivity index (χ4n) is 1.26. The average molecular weight is 275 g/mol. The van der Waals surface area contributed by atoms with Gasteiger partial charge in [-0.25, -0.2) is 0 Å². The number of halogens is 1. The predicted octanol–water partition coefficient (Wildman–Crippen LogP) is 3.31. The minimum Gasteiger partial charge on any atom is -0.398 e. The Morgan fingerprint density at radius 3 is 2.42 bits per heavy atom. The minimum absolute atomic E-state index is 0.512. The Morgan fingerprint density at radius 2 is 1.92 bits per heavy atom. The Morgan fingerprint density at radius 1 is 1.33 bits per heavy atom. The van der Waals surface area contributed by atoms with Gasteiger partial charge in [0.2, 0.25) is 0 Å². The molecule has 0 aliphatic heterocycles. The van der Waals surface area contributed by atoms with Crippen LogP contribution in [0.15, 0.2) is 12.1 Å². The molecule has 0 aliphatic carbocycles. The van der Waals surface area contributed by atoms with E-state index in [1.54, 1.807) is 0 Å². The molecule has 1 aromatic carbocycles. The second kappa shape index (κ2) is 3.64. The van der Waals surface area contributed by atoms with Crippen molar-refractivity contribution in [3.8, 4) is 0 Å². The molecule has 66 valence electrons. The number of benzene rings is 1. The molecular formula is C10H14IN. The van der Waals surface area contributed by atoms with Gasteiger partial charge in [0.05, 0.1) is 0 Å². The van der Waals surface area contributed by atoms with Crippen molar-refractivity contribution in [1.82, 2.24) is 0 Å². The molecule has 12 heavy (non-hydrogen) atoms. The standard InChI is InChI=1S/C10H14IN/c1-6(2)8-4-7(3)5-9(11)10(8)12/h4-6H,12H2,1-3H3. The molecule has 0 unspecified atom stereocenters. The van der Waals surface area contributed by atoms with Crippen LogP contribution in [-0.2, 0) is 0 Å². The molecule has 0 saturated heterocycles. The highest BCUT2D eigenvalue weighted by atomic mass is 127. The summed E-state index contributed by atoms with van der Waals surface area (Å²) < 4.78 is 1.16. The molecule has 0 heterocycles. The van der Waals surface area contributed by atoms with Crippen molar-refractivity contribution in [2.24, 2.45) is 0 Å². The van der Waals surface area contributed by atoms with Crippen molar-refractivity contribution in [2.75, 3.05) is 5.73 Å². The molecule has 0 saturated carbocycles. The number of hydrogen-bond acceptors (Lipinski definition) is 1. The highest BCUT2D eigenvalue weighted by Gasteiger charge is 2.07. The quantitative estimate of drug-likeness (QED) is 0.617.